The highest BCUT2D eigenvalue weighted by Crippen LogP contribution is 2.37. The van der Waals surface area contributed by atoms with Gasteiger partial charge in [0, 0.05) is 9.92 Å². The fraction of sp³-hybridized carbons (Fsp3) is 0.133. The molecule has 20 heavy (non-hydrogen) atoms. The van der Waals surface area contributed by atoms with Crippen LogP contribution in [0.15, 0.2) is 47.4 Å². The summed E-state index contributed by atoms with van der Waals surface area (Å²) in [7, 11) is 0. The second-order valence-corrected chi connectivity index (χ2v) is 6.62. The number of anilines is 1. The van der Waals surface area contributed by atoms with Crippen LogP contribution in [0.3, 0.4) is 0 Å². The zero-order chi connectivity index (χ0) is 14.1. The molecule has 0 fully saturated rings. The smallest absolute Gasteiger partial charge is 0.238 e. The minimum atomic E-state index is -0.112. The van der Waals surface area contributed by atoms with Crippen molar-refractivity contribution in [1.29, 1.82) is 0 Å². The number of rotatable bonds is 2. The van der Waals surface area contributed by atoms with Gasteiger partial charge in [-0.1, -0.05) is 41.4 Å². The number of carbonyl (C=O) groups is 1. The van der Waals surface area contributed by atoms with Crippen molar-refractivity contribution in [1.82, 2.24) is 0 Å². The molecule has 0 saturated heterocycles. The molecular formula is C15H11Cl2NOS. The Morgan fingerprint density at radius 3 is 2.75 bits per heavy atom. The predicted octanol–water partition coefficient (Wildman–Crippen LogP) is 4.65. The van der Waals surface area contributed by atoms with Crippen LogP contribution in [0.1, 0.15) is 5.56 Å². The zero-order valence-electron chi connectivity index (χ0n) is 10.4. The van der Waals surface area contributed by atoms with Crippen LogP contribution in [-0.2, 0) is 11.2 Å². The van der Waals surface area contributed by atoms with E-state index in [1.807, 2.05) is 18.2 Å². The first kappa shape index (κ1) is 13.8. The van der Waals surface area contributed by atoms with E-state index in [4.69, 9.17) is 23.2 Å². The first-order chi connectivity index (χ1) is 9.63. The molecule has 1 unspecified atom stereocenters. The summed E-state index contributed by atoms with van der Waals surface area (Å²) in [4.78, 5) is 13.5. The molecule has 1 aliphatic rings. The summed E-state index contributed by atoms with van der Waals surface area (Å²) >= 11 is 13.5. The molecule has 3 rings (SSSR count). The molecule has 102 valence electrons. The lowest BCUT2D eigenvalue weighted by Crippen LogP contribution is -2.24. The Kier molecular flexibility index (Phi) is 3.92. The fourth-order valence-corrected chi connectivity index (χ4v) is 3.78. The lowest BCUT2D eigenvalue weighted by molar-refractivity contribution is -0.115. The van der Waals surface area contributed by atoms with Crippen molar-refractivity contribution in [2.45, 2.75) is 16.6 Å². The summed E-state index contributed by atoms with van der Waals surface area (Å²) in [5, 5.41) is 3.75. The number of nitrogens with one attached hydrogen (secondary N) is 1. The first-order valence-corrected chi connectivity index (χ1v) is 7.77. The standard InChI is InChI=1S/C15H11Cl2NOS/c16-10-5-6-12(11(17)8-10)18-15(19)14-7-9-3-1-2-4-13(9)20-14/h1-6,8,14H,7H2,(H,18,19). The lowest BCUT2D eigenvalue weighted by atomic mass is 10.1. The Bertz CT molecular complexity index is 650. The quantitative estimate of drug-likeness (QED) is 0.871. The molecule has 0 spiro atoms. The van der Waals surface area contributed by atoms with E-state index >= 15 is 0 Å². The van der Waals surface area contributed by atoms with Crippen LogP contribution in [0.25, 0.3) is 0 Å². The predicted molar refractivity (Wildman–Crippen MR) is 84.9 cm³/mol. The summed E-state index contributed by atoms with van der Waals surface area (Å²) < 4.78 is 0. The molecule has 2 aromatic carbocycles. The van der Waals surface area contributed by atoms with Gasteiger partial charge in [-0.25, -0.2) is 0 Å². The van der Waals surface area contributed by atoms with Crippen molar-refractivity contribution in [3.63, 3.8) is 0 Å². The molecule has 0 bridgehead atoms. The molecule has 0 aromatic heterocycles. The number of benzene rings is 2. The minimum Gasteiger partial charge on any atom is -0.324 e. The van der Waals surface area contributed by atoms with Crippen LogP contribution < -0.4 is 5.32 Å². The van der Waals surface area contributed by atoms with Crippen molar-refractivity contribution in [2.24, 2.45) is 0 Å². The van der Waals surface area contributed by atoms with E-state index in [0.29, 0.717) is 15.7 Å². The molecule has 0 aliphatic carbocycles. The van der Waals surface area contributed by atoms with Crippen molar-refractivity contribution < 1.29 is 4.79 Å². The van der Waals surface area contributed by atoms with Crippen molar-refractivity contribution in [2.75, 3.05) is 5.32 Å². The Balaban J connectivity index is 1.72. The second-order valence-electron chi connectivity index (χ2n) is 4.53. The summed E-state index contributed by atoms with van der Waals surface area (Å²) in [6.45, 7) is 0. The van der Waals surface area contributed by atoms with Crippen LogP contribution in [0.5, 0.6) is 0 Å². The summed E-state index contributed by atoms with van der Waals surface area (Å²) in [5.74, 6) is -0.0320. The molecule has 1 amide bonds. The van der Waals surface area contributed by atoms with Gasteiger partial charge in [0.05, 0.1) is 16.0 Å². The van der Waals surface area contributed by atoms with Gasteiger partial charge in [-0.2, -0.15) is 0 Å². The Morgan fingerprint density at radius 2 is 2.00 bits per heavy atom. The summed E-state index contributed by atoms with van der Waals surface area (Å²) in [5.41, 5.74) is 1.82. The second kappa shape index (κ2) is 5.68. The highest BCUT2D eigenvalue weighted by Gasteiger charge is 2.28. The van der Waals surface area contributed by atoms with Crippen LogP contribution in [0.2, 0.25) is 10.0 Å². The number of fused-ring (bicyclic) bond motifs is 1. The normalized spacial score (nSPS) is 16.8. The van der Waals surface area contributed by atoms with Crippen molar-refractivity contribution in [3.8, 4) is 0 Å². The molecule has 0 saturated carbocycles. The number of hydrogen-bond acceptors (Lipinski definition) is 2. The molecule has 5 heteroatoms. The minimum absolute atomic E-state index is 0.0320. The molecule has 0 radical (unpaired) electrons. The number of hydrogen-bond donors (Lipinski definition) is 1. The van der Waals surface area contributed by atoms with Crippen LogP contribution in [0.4, 0.5) is 5.69 Å². The lowest BCUT2D eigenvalue weighted by Gasteiger charge is -2.11. The monoisotopic (exact) mass is 323 g/mol. The number of halogens is 2. The first-order valence-electron chi connectivity index (χ1n) is 6.14. The van der Waals surface area contributed by atoms with Gasteiger partial charge in [-0.05, 0) is 36.2 Å². The summed E-state index contributed by atoms with van der Waals surface area (Å²) in [6, 6.07) is 13.1. The van der Waals surface area contributed by atoms with Crippen LogP contribution in [-0.4, -0.2) is 11.2 Å². The topological polar surface area (TPSA) is 29.1 Å². The van der Waals surface area contributed by atoms with Gasteiger partial charge >= 0.3 is 0 Å². The third kappa shape index (κ3) is 2.80. The number of amides is 1. The number of thioether (sulfide) groups is 1. The highest BCUT2D eigenvalue weighted by molar-refractivity contribution is 8.01. The van der Waals surface area contributed by atoms with Gasteiger partial charge in [0.1, 0.15) is 0 Å². The molecular weight excluding hydrogens is 313 g/mol. The molecule has 1 aliphatic heterocycles. The van der Waals surface area contributed by atoms with Gasteiger partial charge in [0.2, 0.25) is 5.91 Å². The average Bonchev–Trinajstić information content (AvgIpc) is 2.86. The molecule has 1 N–H and O–H groups in total. The number of carbonyl (C=O) groups excluding carboxylic acids is 1. The van der Waals surface area contributed by atoms with Crippen molar-refractivity contribution in [3.05, 3.63) is 58.1 Å². The van der Waals surface area contributed by atoms with E-state index < -0.39 is 0 Å². The van der Waals surface area contributed by atoms with E-state index in [9.17, 15) is 4.79 Å². The Hall–Kier alpha value is -1.16. The van der Waals surface area contributed by atoms with E-state index in [0.717, 1.165) is 6.42 Å². The Labute approximate surface area is 131 Å². The average molecular weight is 324 g/mol. The maximum absolute atomic E-state index is 12.3. The van der Waals surface area contributed by atoms with Crippen molar-refractivity contribution >= 4 is 46.6 Å². The van der Waals surface area contributed by atoms with Gasteiger partial charge in [-0.15, -0.1) is 11.8 Å². The van der Waals surface area contributed by atoms with E-state index in [1.54, 1.807) is 30.0 Å². The van der Waals surface area contributed by atoms with E-state index in [-0.39, 0.29) is 11.2 Å². The molecule has 1 heterocycles. The van der Waals surface area contributed by atoms with Crippen LogP contribution >= 0.6 is 35.0 Å². The van der Waals surface area contributed by atoms with Gasteiger partial charge in [0.25, 0.3) is 0 Å². The van der Waals surface area contributed by atoms with Gasteiger partial charge < -0.3 is 5.32 Å². The maximum atomic E-state index is 12.3. The van der Waals surface area contributed by atoms with E-state index in [2.05, 4.69) is 11.4 Å². The molecule has 1 atom stereocenters. The van der Waals surface area contributed by atoms with Crippen LogP contribution in [0, 0.1) is 0 Å². The maximum Gasteiger partial charge on any atom is 0.238 e. The third-order valence-electron chi connectivity index (χ3n) is 3.13. The molecule has 2 aromatic rings. The molecule has 2 nitrogen and oxygen atoms in total. The summed E-state index contributed by atoms with van der Waals surface area (Å²) in [6.07, 6.45) is 0.748. The highest BCUT2D eigenvalue weighted by atomic mass is 35.5. The van der Waals surface area contributed by atoms with E-state index in [1.165, 1.54) is 10.5 Å². The van der Waals surface area contributed by atoms with Gasteiger partial charge in [-0.3, -0.25) is 4.79 Å². The largest absolute Gasteiger partial charge is 0.324 e. The van der Waals surface area contributed by atoms with Gasteiger partial charge in [0.15, 0.2) is 0 Å². The fourth-order valence-electron chi connectivity index (χ4n) is 2.13. The third-order valence-corrected chi connectivity index (χ3v) is 4.99. The zero-order valence-corrected chi connectivity index (χ0v) is 12.7. The SMILES string of the molecule is O=C(Nc1ccc(Cl)cc1Cl)C1Cc2ccccc2S1. The Morgan fingerprint density at radius 1 is 1.20 bits per heavy atom.